The number of halogens is 1. The first kappa shape index (κ1) is 22.8. The van der Waals surface area contributed by atoms with Gasteiger partial charge in [0.15, 0.2) is 4.80 Å². The molecule has 2 heterocycles. The minimum absolute atomic E-state index is 0.273. The fourth-order valence-electron chi connectivity index (χ4n) is 3.73. The summed E-state index contributed by atoms with van der Waals surface area (Å²) in [4.78, 5) is 31.3. The molecule has 33 heavy (non-hydrogen) atoms. The maximum atomic E-state index is 13.6. The Kier molecular flexibility index (Phi) is 6.40. The zero-order valence-electron chi connectivity index (χ0n) is 18.4. The topological polar surface area (TPSA) is 79.1 Å². The molecule has 9 heteroatoms. The molecule has 1 aromatic heterocycles. The Bertz CT molecular complexity index is 1440. The van der Waals surface area contributed by atoms with E-state index < -0.39 is 12.0 Å². The van der Waals surface area contributed by atoms with Gasteiger partial charge in [-0.2, -0.15) is 0 Å². The molecule has 2 aromatic carbocycles. The molecule has 1 aliphatic heterocycles. The third kappa shape index (κ3) is 4.19. The Morgan fingerprint density at radius 3 is 2.48 bits per heavy atom. The van der Waals surface area contributed by atoms with Crippen LogP contribution in [-0.4, -0.2) is 31.9 Å². The highest BCUT2D eigenvalue weighted by molar-refractivity contribution is 7.07. The predicted octanol–water partition coefficient (Wildman–Crippen LogP) is 3.08. The van der Waals surface area contributed by atoms with Gasteiger partial charge in [-0.25, -0.2) is 9.79 Å². The molecular formula is C24H21ClN2O5S. The van der Waals surface area contributed by atoms with Crippen molar-refractivity contribution >= 4 is 35.0 Å². The summed E-state index contributed by atoms with van der Waals surface area (Å²) >= 11 is 7.31. The van der Waals surface area contributed by atoms with Gasteiger partial charge in [0, 0.05) is 16.7 Å². The van der Waals surface area contributed by atoms with E-state index in [1.165, 1.54) is 23.0 Å². The van der Waals surface area contributed by atoms with Crippen LogP contribution >= 0.6 is 22.9 Å². The maximum absolute atomic E-state index is 13.6. The van der Waals surface area contributed by atoms with Crippen LogP contribution in [0.1, 0.15) is 24.1 Å². The zero-order valence-corrected chi connectivity index (χ0v) is 20.0. The van der Waals surface area contributed by atoms with Crippen LogP contribution in [0.25, 0.3) is 6.08 Å². The summed E-state index contributed by atoms with van der Waals surface area (Å²) in [6, 6.07) is 11.7. The lowest BCUT2D eigenvalue weighted by Crippen LogP contribution is -2.39. The maximum Gasteiger partial charge on any atom is 0.338 e. The van der Waals surface area contributed by atoms with Crippen LogP contribution in [0.3, 0.4) is 0 Å². The molecule has 0 saturated carbocycles. The smallest absolute Gasteiger partial charge is 0.338 e. The fraction of sp³-hybridized carbons (Fsp3) is 0.208. The molecule has 1 atom stereocenters. The number of esters is 1. The molecule has 4 rings (SSSR count). The van der Waals surface area contributed by atoms with Crippen molar-refractivity contribution in [2.24, 2.45) is 4.99 Å². The van der Waals surface area contributed by atoms with E-state index in [1.807, 2.05) is 6.07 Å². The summed E-state index contributed by atoms with van der Waals surface area (Å²) < 4.78 is 17.7. The molecule has 0 fully saturated rings. The van der Waals surface area contributed by atoms with Gasteiger partial charge in [-0.15, -0.1) is 0 Å². The first-order chi connectivity index (χ1) is 15.9. The minimum atomic E-state index is -0.689. The molecule has 0 bridgehead atoms. The van der Waals surface area contributed by atoms with Gasteiger partial charge in [0.25, 0.3) is 5.56 Å². The highest BCUT2D eigenvalue weighted by Crippen LogP contribution is 2.31. The molecule has 170 valence electrons. The number of allylic oxidation sites excluding steroid dienone is 1. The molecule has 0 unspecified atom stereocenters. The largest absolute Gasteiger partial charge is 0.497 e. The number of thiazole rings is 1. The average molecular weight is 485 g/mol. The number of rotatable bonds is 5. The summed E-state index contributed by atoms with van der Waals surface area (Å²) in [6.45, 7) is 1.73. The zero-order chi connectivity index (χ0) is 23.7. The van der Waals surface area contributed by atoms with Crippen molar-refractivity contribution in [3.05, 3.63) is 89.6 Å². The van der Waals surface area contributed by atoms with Crippen LogP contribution in [0.2, 0.25) is 5.02 Å². The molecule has 0 N–H and O–H groups in total. The number of carbonyl (C=O) groups excluding carboxylic acids is 1. The van der Waals surface area contributed by atoms with E-state index in [9.17, 15) is 9.59 Å². The normalized spacial score (nSPS) is 15.7. The van der Waals surface area contributed by atoms with E-state index in [1.54, 1.807) is 63.6 Å². The second kappa shape index (κ2) is 9.25. The quantitative estimate of drug-likeness (QED) is 0.520. The molecule has 0 aliphatic carbocycles. The average Bonchev–Trinajstić information content (AvgIpc) is 3.12. The monoisotopic (exact) mass is 484 g/mol. The number of aromatic nitrogens is 1. The Balaban J connectivity index is 1.96. The summed E-state index contributed by atoms with van der Waals surface area (Å²) in [6.07, 6.45) is 1.75. The highest BCUT2D eigenvalue weighted by atomic mass is 35.5. The number of nitrogens with zero attached hydrogens (tertiary/aromatic N) is 2. The van der Waals surface area contributed by atoms with E-state index in [-0.39, 0.29) is 5.56 Å². The Morgan fingerprint density at radius 2 is 1.85 bits per heavy atom. The molecule has 0 spiro atoms. The molecule has 0 saturated heterocycles. The predicted molar refractivity (Wildman–Crippen MR) is 127 cm³/mol. The van der Waals surface area contributed by atoms with E-state index in [0.29, 0.717) is 37.1 Å². The van der Waals surface area contributed by atoms with Crippen LogP contribution in [0, 0.1) is 0 Å². The second-order valence-electron chi connectivity index (χ2n) is 7.23. The lowest BCUT2D eigenvalue weighted by Gasteiger charge is -2.24. The van der Waals surface area contributed by atoms with E-state index >= 15 is 0 Å². The van der Waals surface area contributed by atoms with Crippen LogP contribution in [0.4, 0.5) is 0 Å². The Hall–Kier alpha value is -3.36. The summed E-state index contributed by atoms with van der Waals surface area (Å²) in [5.41, 5.74) is 1.97. The van der Waals surface area contributed by atoms with Crippen LogP contribution in [-0.2, 0) is 9.53 Å². The first-order valence-corrected chi connectivity index (χ1v) is 11.2. The van der Waals surface area contributed by atoms with Gasteiger partial charge in [0.2, 0.25) is 0 Å². The third-order valence-electron chi connectivity index (χ3n) is 5.34. The summed E-state index contributed by atoms with van der Waals surface area (Å²) in [5.74, 6) is 0.676. The molecular weight excluding hydrogens is 464 g/mol. The number of methoxy groups -OCH3 is 3. The fourth-order valence-corrected chi connectivity index (χ4v) is 4.90. The highest BCUT2D eigenvalue weighted by Gasteiger charge is 2.33. The Labute approximate surface area is 198 Å². The van der Waals surface area contributed by atoms with E-state index in [2.05, 4.69) is 4.99 Å². The van der Waals surface area contributed by atoms with Crippen molar-refractivity contribution in [2.45, 2.75) is 13.0 Å². The van der Waals surface area contributed by atoms with E-state index in [4.69, 9.17) is 25.8 Å². The van der Waals surface area contributed by atoms with Crippen LogP contribution in [0.5, 0.6) is 11.5 Å². The van der Waals surface area contributed by atoms with Crippen LogP contribution < -0.4 is 24.4 Å². The van der Waals surface area contributed by atoms with Crippen molar-refractivity contribution in [1.82, 2.24) is 4.57 Å². The van der Waals surface area contributed by atoms with E-state index in [0.717, 1.165) is 11.1 Å². The number of carbonyl (C=O) groups is 1. The minimum Gasteiger partial charge on any atom is -0.497 e. The lowest BCUT2D eigenvalue weighted by atomic mass is 9.96. The number of hydrogen-bond acceptors (Lipinski definition) is 7. The first-order valence-electron chi connectivity index (χ1n) is 9.96. The molecule has 1 aliphatic rings. The summed E-state index contributed by atoms with van der Waals surface area (Å²) in [5, 5.41) is 0.554. The summed E-state index contributed by atoms with van der Waals surface area (Å²) in [7, 11) is 4.44. The molecule has 3 aromatic rings. The van der Waals surface area contributed by atoms with Crippen LogP contribution in [0.15, 0.2) is 63.5 Å². The third-order valence-corrected chi connectivity index (χ3v) is 6.57. The van der Waals surface area contributed by atoms with Gasteiger partial charge >= 0.3 is 5.97 Å². The number of fused-ring (bicyclic) bond motifs is 1. The van der Waals surface area contributed by atoms with Crippen molar-refractivity contribution in [3.8, 4) is 11.5 Å². The molecule has 0 radical (unpaired) electrons. The number of ether oxygens (including phenoxy) is 3. The van der Waals surface area contributed by atoms with Crippen molar-refractivity contribution < 1.29 is 19.0 Å². The van der Waals surface area contributed by atoms with Gasteiger partial charge < -0.3 is 14.2 Å². The van der Waals surface area contributed by atoms with Gasteiger partial charge in [-0.3, -0.25) is 9.36 Å². The van der Waals surface area contributed by atoms with Gasteiger partial charge in [-0.05, 0) is 42.8 Å². The SMILES string of the molecule is COC(=O)C1=C(C)N=c2s/c(=C\c3ccc(OC)cc3OC)c(=O)n2[C@@H]1c1ccc(Cl)cc1. The number of benzene rings is 2. The number of hydrogen-bond donors (Lipinski definition) is 0. The standard InChI is InChI=1S/C24H21ClN2O5S/c1-13-20(23(29)32-4)21(14-5-8-16(25)9-6-14)27-22(28)19(33-24(27)26-13)11-15-7-10-17(30-2)12-18(15)31-3/h5-12,21H,1-4H3/b19-11-/t21-/m1/s1. The lowest BCUT2D eigenvalue weighted by molar-refractivity contribution is -0.136. The van der Waals surface area contributed by atoms with Gasteiger partial charge in [-0.1, -0.05) is 35.1 Å². The second-order valence-corrected chi connectivity index (χ2v) is 8.68. The molecule has 0 amide bonds. The van der Waals surface area contributed by atoms with Crippen molar-refractivity contribution in [2.75, 3.05) is 21.3 Å². The van der Waals surface area contributed by atoms with Crippen molar-refractivity contribution in [1.29, 1.82) is 0 Å². The Morgan fingerprint density at radius 1 is 1.12 bits per heavy atom. The van der Waals surface area contributed by atoms with Gasteiger partial charge in [0.05, 0.1) is 43.2 Å². The molecule has 7 nitrogen and oxygen atoms in total. The van der Waals surface area contributed by atoms with Gasteiger partial charge in [0.1, 0.15) is 11.5 Å². The van der Waals surface area contributed by atoms with Crippen molar-refractivity contribution in [3.63, 3.8) is 0 Å².